The number of imidazole rings is 1. The highest BCUT2D eigenvalue weighted by molar-refractivity contribution is 7.98. The summed E-state index contributed by atoms with van der Waals surface area (Å²) in [7, 11) is 0. The first-order valence-electron chi connectivity index (χ1n) is 8.18. The summed E-state index contributed by atoms with van der Waals surface area (Å²) in [5.74, 6) is 1.63. The molecule has 7 heteroatoms. The van der Waals surface area contributed by atoms with E-state index in [1.54, 1.807) is 16.7 Å². The van der Waals surface area contributed by atoms with Gasteiger partial charge in [0, 0.05) is 13.0 Å². The molecule has 1 aromatic carbocycles. The van der Waals surface area contributed by atoms with Gasteiger partial charge in [0.05, 0.1) is 23.6 Å². The molecule has 24 heavy (non-hydrogen) atoms. The molecule has 0 aliphatic carbocycles. The zero-order valence-corrected chi connectivity index (χ0v) is 14.6. The second-order valence-corrected chi connectivity index (χ2v) is 6.95. The maximum Gasteiger partial charge on any atom is 0.240 e. The van der Waals surface area contributed by atoms with Crippen molar-refractivity contribution in [3.63, 3.8) is 0 Å². The lowest BCUT2D eigenvalue weighted by Gasteiger charge is -2.19. The van der Waals surface area contributed by atoms with Crippen LogP contribution in [-0.4, -0.2) is 51.8 Å². The summed E-state index contributed by atoms with van der Waals surface area (Å²) >= 11 is 1.73. The van der Waals surface area contributed by atoms with Crippen molar-refractivity contribution in [3.05, 3.63) is 30.1 Å². The molecule has 1 atom stereocenters. The van der Waals surface area contributed by atoms with Crippen molar-refractivity contribution in [2.75, 3.05) is 25.1 Å². The first-order valence-corrected chi connectivity index (χ1v) is 9.57. The largest absolute Gasteiger partial charge is 0.345 e. The molecule has 0 radical (unpaired) electrons. The molecule has 1 aliphatic heterocycles. The second-order valence-electron chi connectivity index (χ2n) is 5.96. The van der Waals surface area contributed by atoms with E-state index in [4.69, 9.17) is 0 Å². The minimum absolute atomic E-state index is 0.0644. The molecule has 3 rings (SSSR count). The Labute approximate surface area is 145 Å². The number of amides is 2. The van der Waals surface area contributed by atoms with Crippen LogP contribution in [0.3, 0.4) is 0 Å². The van der Waals surface area contributed by atoms with Gasteiger partial charge in [0.2, 0.25) is 11.8 Å². The Morgan fingerprint density at radius 3 is 3.00 bits per heavy atom. The first kappa shape index (κ1) is 16.8. The topological polar surface area (TPSA) is 78.1 Å². The van der Waals surface area contributed by atoms with E-state index < -0.39 is 0 Å². The van der Waals surface area contributed by atoms with Crippen LogP contribution >= 0.6 is 11.8 Å². The number of fused-ring (bicyclic) bond motifs is 1. The zero-order chi connectivity index (χ0) is 16.9. The fourth-order valence-electron chi connectivity index (χ4n) is 2.94. The molecule has 2 N–H and O–H groups in total. The Bertz CT molecular complexity index is 697. The van der Waals surface area contributed by atoms with Crippen LogP contribution < -0.4 is 5.32 Å². The van der Waals surface area contributed by atoms with Gasteiger partial charge in [-0.05, 0) is 37.0 Å². The number of hydrogen-bond acceptors (Lipinski definition) is 4. The molecule has 1 saturated heterocycles. The molecule has 0 spiro atoms. The molecule has 2 aromatic rings. The van der Waals surface area contributed by atoms with Crippen molar-refractivity contribution < 1.29 is 9.59 Å². The Balaban J connectivity index is 1.70. The van der Waals surface area contributed by atoms with E-state index in [9.17, 15) is 9.59 Å². The predicted octanol–water partition coefficient (Wildman–Crippen LogP) is 2.10. The molecule has 1 aromatic heterocycles. The van der Waals surface area contributed by atoms with E-state index in [0.29, 0.717) is 13.0 Å². The van der Waals surface area contributed by atoms with Crippen LogP contribution in [0.4, 0.5) is 0 Å². The number of H-pyrrole nitrogens is 1. The van der Waals surface area contributed by atoms with Gasteiger partial charge in [-0.2, -0.15) is 11.8 Å². The van der Waals surface area contributed by atoms with E-state index in [1.165, 1.54) is 0 Å². The lowest BCUT2D eigenvalue weighted by Crippen LogP contribution is -2.39. The minimum atomic E-state index is -0.171. The summed E-state index contributed by atoms with van der Waals surface area (Å²) in [6.07, 6.45) is 4.22. The number of aromatic nitrogens is 2. The summed E-state index contributed by atoms with van der Waals surface area (Å²) in [5.41, 5.74) is 1.86. The van der Waals surface area contributed by atoms with Crippen LogP contribution in [-0.2, 0) is 9.59 Å². The molecule has 2 heterocycles. The van der Waals surface area contributed by atoms with E-state index in [1.807, 2.05) is 30.5 Å². The number of rotatable bonds is 7. The van der Waals surface area contributed by atoms with Crippen LogP contribution in [0.1, 0.15) is 31.1 Å². The Morgan fingerprint density at radius 2 is 2.29 bits per heavy atom. The van der Waals surface area contributed by atoms with Gasteiger partial charge in [-0.15, -0.1) is 0 Å². The van der Waals surface area contributed by atoms with E-state index in [-0.39, 0.29) is 24.4 Å². The number of nitrogens with zero attached hydrogens (tertiary/aromatic N) is 2. The summed E-state index contributed by atoms with van der Waals surface area (Å²) in [5, 5.41) is 3.04. The summed E-state index contributed by atoms with van der Waals surface area (Å²) < 4.78 is 0. The number of carbonyl (C=O) groups is 2. The molecule has 0 saturated carbocycles. The van der Waals surface area contributed by atoms with E-state index >= 15 is 0 Å². The first-order chi connectivity index (χ1) is 11.7. The molecule has 6 nitrogen and oxygen atoms in total. The predicted molar refractivity (Wildman–Crippen MR) is 95.8 cm³/mol. The molecule has 0 bridgehead atoms. The lowest BCUT2D eigenvalue weighted by molar-refractivity contribution is -0.133. The zero-order valence-electron chi connectivity index (χ0n) is 13.7. The van der Waals surface area contributed by atoms with Crippen molar-refractivity contribution in [2.24, 2.45) is 0 Å². The summed E-state index contributed by atoms with van der Waals surface area (Å²) in [4.78, 5) is 33.6. The molecule has 1 unspecified atom stereocenters. The van der Waals surface area contributed by atoms with Crippen LogP contribution in [0, 0.1) is 0 Å². The standard InChI is InChI=1S/C17H22N4O2S/c1-24-10-8-14(17-19-12-5-2-3-6-13(12)20-17)18-15(22)11-21-9-4-7-16(21)23/h2-3,5-6,14H,4,7-11H2,1H3,(H,18,22)(H,19,20). The quantitative estimate of drug-likeness (QED) is 0.805. The van der Waals surface area contributed by atoms with E-state index in [0.717, 1.165) is 35.5 Å². The van der Waals surface area contributed by atoms with Crippen molar-refractivity contribution in [1.82, 2.24) is 20.2 Å². The second kappa shape index (κ2) is 7.70. The molecule has 2 amide bonds. The van der Waals surface area contributed by atoms with Gasteiger partial charge < -0.3 is 15.2 Å². The number of carbonyl (C=O) groups excluding carboxylic acids is 2. The molecular formula is C17H22N4O2S. The minimum Gasteiger partial charge on any atom is -0.345 e. The monoisotopic (exact) mass is 346 g/mol. The normalized spacial score (nSPS) is 15.9. The highest BCUT2D eigenvalue weighted by Crippen LogP contribution is 2.20. The van der Waals surface area contributed by atoms with Gasteiger partial charge in [-0.25, -0.2) is 4.98 Å². The fraction of sp³-hybridized carbons (Fsp3) is 0.471. The number of para-hydroxylation sites is 2. The van der Waals surface area contributed by atoms with Crippen molar-refractivity contribution >= 4 is 34.6 Å². The fourth-order valence-corrected chi connectivity index (χ4v) is 3.41. The number of nitrogens with one attached hydrogen (secondary N) is 2. The van der Waals surface area contributed by atoms with Crippen molar-refractivity contribution in [3.8, 4) is 0 Å². The average Bonchev–Trinajstić information content (AvgIpc) is 3.17. The van der Waals surface area contributed by atoms with Crippen LogP contribution in [0.2, 0.25) is 0 Å². The average molecular weight is 346 g/mol. The van der Waals surface area contributed by atoms with Crippen LogP contribution in [0.25, 0.3) is 11.0 Å². The molecule has 1 aliphatic rings. The molecule has 128 valence electrons. The van der Waals surface area contributed by atoms with Gasteiger partial charge in [-0.1, -0.05) is 12.1 Å². The third-order valence-electron chi connectivity index (χ3n) is 4.19. The van der Waals surface area contributed by atoms with Crippen LogP contribution in [0.5, 0.6) is 0 Å². The van der Waals surface area contributed by atoms with Crippen molar-refractivity contribution in [1.29, 1.82) is 0 Å². The maximum atomic E-state index is 12.4. The highest BCUT2D eigenvalue weighted by Gasteiger charge is 2.24. The van der Waals surface area contributed by atoms with E-state index in [2.05, 4.69) is 15.3 Å². The summed E-state index contributed by atoms with van der Waals surface area (Å²) in [6, 6.07) is 7.66. The number of benzene rings is 1. The number of thioether (sulfide) groups is 1. The Morgan fingerprint density at radius 1 is 1.46 bits per heavy atom. The van der Waals surface area contributed by atoms with Gasteiger partial charge in [0.1, 0.15) is 5.82 Å². The lowest BCUT2D eigenvalue weighted by atomic mass is 10.2. The number of likely N-dealkylation sites (tertiary alicyclic amines) is 1. The summed E-state index contributed by atoms with van der Waals surface area (Å²) in [6.45, 7) is 0.807. The number of aromatic amines is 1. The third-order valence-corrected chi connectivity index (χ3v) is 4.83. The Hall–Kier alpha value is -2.02. The van der Waals surface area contributed by atoms with Gasteiger partial charge >= 0.3 is 0 Å². The third kappa shape index (κ3) is 3.90. The van der Waals surface area contributed by atoms with Crippen LogP contribution in [0.15, 0.2) is 24.3 Å². The maximum absolute atomic E-state index is 12.4. The molecular weight excluding hydrogens is 324 g/mol. The SMILES string of the molecule is CSCCC(NC(=O)CN1CCCC1=O)c1nc2ccccc2[nH]1. The van der Waals surface area contributed by atoms with Gasteiger partial charge in [-0.3, -0.25) is 9.59 Å². The molecule has 1 fully saturated rings. The van der Waals surface area contributed by atoms with Gasteiger partial charge in [0.25, 0.3) is 0 Å². The highest BCUT2D eigenvalue weighted by atomic mass is 32.2. The Kier molecular flexibility index (Phi) is 5.40. The van der Waals surface area contributed by atoms with Gasteiger partial charge in [0.15, 0.2) is 0 Å². The van der Waals surface area contributed by atoms with Crippen molar-refractivity contribution in [2.45, 2.75) is 25.3 Å². The smallest absolute Gasteiger partial charge is 0.240 e. The number of hydrogen-bond donors (Lipinski definition) is 2.